The van der Waals surface area contributed by atoms with Crippen LogP contribution in [0.5, 0.6) is 11.5 Å². The molecule has 0 aromatic heterocycles. The van der Waals surface area contributed by atoms with Gasteiger partial charge in [-0.1, -0.05) is 54.2 Å². The molecule has 0 saturated carbocycles. The molecule has 3 rings (SSSR count). The zero-order chi connectivity index (χ0) is 19.1. The molecule has 0 amide bonds. The molecule has 0 radical (unpaired) electrons. The molecule has 1 saturated heterocycles. The maximum Gasteiger partial charge on any atom is 0.180 e. The lowest BCUT2D eigenvalue weighted by molar-refractivity contribution is 0.114. The van der Waals surface area contributed by atoms with Gasteiger partial charge in [0.15, 0.2) is 11.5 Å². The van der Waals surface area contributed by atoms with Gasteiger partial charge in [0, 0.05) is 18.7 Å². The van der Waals surface area contributed by atoms with Gasteiger partial charge in [-0.05, 0) is 37.5 Å². The van der Waals surface area contributed by atoms with Gasteiger partial charge in [0.1, 0.15) is 11.6 Å². The van der Waals surface area contributed by atoms with E-state index in [0.29, 0.717) is 41.3 Å². The number of rotatable bonds is 8. The van der Waals surface area contributed by atoms with E-state index in [1.54, 1.807) is 0 Å². The van der Waals surface area contributed by atoms with E-state index in [2.05, 4.69) is 5.32 Å². The van der Waals surface area contributed by atoms with Crippen LogP contribution in [0.4, 0.5) is 0 Å². The number of ether oxygens (including phenoxy) is 3. The van der Waals surface area contributed by atoms with Crippen LogP contribution >= 0.6 is 23.8 Å². The van der Waals surface area contributed by atoms with Gasteiger partial charge in [-0.3, -0.25) is 0 Å². The molecule has 1 heterocycles. The normalized spacial score (nSPS) is 16.1. The maximum absolute atomic E-state index is 6.49. The van der Waals surface area contributed by atoms with E-state index in [9.17, 15) is 0 Å². The Kier molecular flexibility index (Phi) is 7.33. The number of thiocarbonyl (C=S) groups is 1. The zero-order valence-electron chi connectivity index (χ0n) is 15.4. The molecular formula is C21H24ClNO3S. The largest absolute Gasteiger partial charge is 0.490 e. The molecule has 1 fully saturated rings. The van der Waals surface area contributed by atoms with Crippen molar-refractivity contribution >= 4 is 28.8 Å². The van der Waals surface area contributed by atoms with Gasteiger partial charge in [0.2, 0.25) is 0 Å². The smallest absolute Gasteiger partial charge is 0.180 e. The zero-order valence-corrected chi connectivity index (χ0v) is 16.9. The fourth-order valence-electron chi connectivity index (χ4n) is 2.95. The van der Waals surface area contributed by atoms with Gasteiger partial charge >= 0.3 is 0 Å². The summed E-state index contributed by atoms with van der Waals surface area (Å²) < 4.78 is 17.3. The van der Waals surface area contributed by atoms with Crippen molar-refractivity contribution in [2.24, 2.45) is 0 Å². The third kappa shape index (κ3) is 5.58. The minimum atomic E-state index is 0.221. The van der Waals surface area contributed by atoms with Crippen molar-refractivity contribution in [2.45, 2.75) is 32.5 Å². The highest BCUT2D eigenvalue weighted by atomic mass is 35.5. The summed E-state index contributed by atoms with van der Waals surface area (Å²) in [5.74, 6) is 1.13. The molecule has 1 aliphatic rings. The molecule has 0 bridgehead atoms. The molecule has 6 heteroatoms. The highest BCUT2D eigenvalue weighted by Crippen LogP contribution is 2.37. The first kappa shape index (κ1) is 19.9. The third-order valence-corrected chi connectivity index (χ3v) is 4.97. The monoisotopic (exact) mass is 405 g/mol. The Hall–Kier alpha value is -1.82. The topological polar surface area (TPSA) is 39.7 Å². The Morgan fingerprint density at radius 1 is 1.26 bits per heavy atom. The van der Waals surface area contributed by atoms with E-state index < -0.39 is 0 Å². The quantitative estimate of drug-likeness (QED) is 0.641. The second-order valence-corrected chi connectivity index (χ2v) is 7.15. The van der Waals surface area contributed by atoms with Crippen LogP contribution in [0, 0.1) is 0 Å². The minimum absolute atomic E-state index is 0.221. The summed E-state index contributed by atoms with van der Waals surface area (Å²) in [6.45, 7) is 4.38. The summed E-state index contributed by atoms with van der Waals surface area (Å²) >= 11 is 12.0. The first-order valence-corrected chi connectivity index (χ1v) is 9.99. The van der Waals surface area contributed by atoms with Crippen molar-refractivity contribution in [1.82, 2.24) is 5.32 Å². The average molecular weight is 406 g/mol. The number of benzene rings is 2. The standard InChI is InChI=1S/C21H24ClNO3S/c1-2-24-19-12-16(21(27)23-13-17-9-6-10-25-17)11-18(22)20(19)26-14-15-7-4-3-5-8-15/h3-5,7-8,11-12,17H,2,6,9-10,13-14H2,1H3,(H,23,27)/t17-/m1/s1. The average Bonchev–Trinajstić information content (AvgIpc) is 3.20. The van der Waals surface area contributed by atoms with Crippen molar-refractivity contribution in [2.75, 3.05) is 19.8 Å². The molecule has 1 atom stereocenters. The molecule has 0 spiro atoms. The second-order valence-electron chi connectivity index (χ2n) is 6.34. The van der Waals surface area contributed by atoms with Gasteiger partial charge in [-0.15, -0.1) is 0 Å². The minimum Gasteiger partial charge on any atom is -0.490 e. The lowest BCUT2D eigenvalue weighted by atomic mass is 10.1. The van der Waals surface area contributed by atoms with E-state index in [4.69, 9.17) is 38.0 Å². The molecule has 1 N–H and O–H groups in total. The number of halogens is 1. The van der Waals surface area contributed by atoms with Crippen LogP contribution in [0.15, 0.2) is 42.5 Å². The molecule has 1 aliphatic heterocycles. The van der Waals surface area contributed by atoms with Crippen LogP contribution in [-0.4, -0.2) is 30.9 Å². The summed E-state index contributed by atoms with van der Waals surface area (Å²) in [5, 5.41) is 3.75. The fraction of sp³-hybridized carbons (Fsp3) is 0.381. The lowest BCUT2D eigenvalue weighted by Crippen LogP contribution is -2.31. The highest BCUT2D eigenvalue weighted by Gasteiger charge is 2.18. The Bertz CT molecular complexity index is 764. The number of hydrogen-bond donors (Lipinski definition) is 1. The molecular weight excluding hydrogens is 382 g/mol. The molecule has 144 valence electrons. The van der Waals surface area contributed by atoms with Crippen molar-refractivity contribution in [3.05, 3.63) is 58.6 Å². The molecule has 27 heavy (non-hydrogen) atoms. The van der Waals surface area contributed by atoms with Gasteiger partial charge in [-0.2, -0.15) is 0 Å². The Morgan fingerprint density at radius 2 is 2.07 bits per heavy atom. The van der Waals surface area contributed by atoms with Crippen LogP contribution in [0.3, 0.4) is 0 Å². The predicted octanol–water partition coefficient (Wildman–Crippen LogP) is 4.76. The van der Waals surface area contributed by atoms with Crippen LogP contribution < -0.4 is 14.8 Å². The van der Waals surface area contributed by atoms with E-state index in [1.165, 1.54) is 0 Å². The molecule has 4 nitrogen and oxygen atoms in total. The van der Waals surface area contributed by atoms with Crippen molar-refractivity contribution < 1.29 is 14.2 Å². The molecule has 0 unspecified atom stereocenters. The van der Waals surface area contributed by atoms with E-state index >= 15 is 0 Å². The Labute approximate surface area is 170 Å². The Morgan fingerprint density at radius 3 is 2.78 bits per heavy atom. The maximum atomic E-state index is 6.49. The number of hydrogen-bond acceptors (Lipinski definition) is 4. The van der Waals surface area contributed by atoms with E-state index in [0.717, 1.165) is 30.6 Å². The van der Waals surface area contributed by atoms with Crippen molar-refractivity contribution in [3.8, 4) is 11.5 Å². The van der Waals surface area contributed by atoms with Gasteiger partial charge in [0.05, 0.1) is 17.7 Å². The van der Waals surface area contributed by atoms with Gasteiger partial charge in [0.25, 0.3) is 0 Å². The molecule has 2 aromatic carbocycles. The third-order valence-electron chi connectivity index (χ3n) is 4.31. The van der Waals surface area contributed by atoms with Crippen molar-refractivity contribution in [1.29, 1.82) is 0 Å². The van der Waals surface area contributed by atoms with E-state index in [1.807, 2.05) is 49.4 Å². The highest BCUT2D eigenvalue weighted by molar-refractivity contribution is 7.80. The van der Waals surface area contributed by atoms with Crippen LogP contribution in [0.2, 0.25) is 5.02 Å². The van der Waals surface area contributed by atoms with Crippen molar-refractivity contribution in [3.63, 3.8) is 0 Å². The fourth-order valence-corrected chi connectivity index (χ4v) is 3.41. The summed E-state index contributed by atoms with van der Waals surface area (Å²) in [6, 6.07) is 13.6. The van der Waals surface area contributed by atoms with Crippen LogP contribution in [0.1, 0.15) is 30.9 Å². The molecule has 2 aromatic rings. The summed E-state index contributed by atoms with van der Waals surface area (Å²) in [5.41, 5.74) is 1.87. The summed E-state index contributed by atoms with van der Waals surface area (Å²) in [4.78, 5) is 0.628. The Balaban J connectivity index is 1.71. The first-order chi connectivity index (χ1) is 13.2. The van der Waals surface area contributed by atoms with Crippen LogP contribution in [-0.2, 0) is 11.3 Å². The molecule has 0 aliphatic carbocycles. The van der Waals surface area contributed by atoms with Crippen LogP contribution in [0.25, 0.3) is 0 Å². The summed E-state index contributed by atoms with van der Waals surface area (Å²) in [7, 11) is 0. The van der Waals surface area contributed by atoms with E-state index in [-0.39, 0.29) is 6.10 Å². The summed E-state index contributed by atoms with van der Waals surface area (Å²) in [6.07, 6.45) is 2.39. The predicted molar refractivity (Wildman–Crippen MR) is 112 cm³/mol. The SMILES string of the molecule is CCOc1cc(C(=S)NC[C@H]2CCCO2)cc(Cl)c1OCc1ccccc1. The lowest BCUT2D eigenvalue weighted by Gasteiger charge is -2.17. The second kappa shape index (κ2) is 9.93. The van der Waals surface area contributed by atoms with Gasteiger partial charge < -0.3 is 19.5 Å². The first-order valence-electron chi connectivity index (χ1n) is 9.20. The van der Waals surface area contributed by atoms with Gasteiger partial charge in [-0.25, -0.2) is 0 Å². The number of nitrogens with one attached hydrogen (secondary N) is 1.